The van der Waals surface area contributed by atoms with Crippen LogP contribution in [0.5, 0.6) is 0 Å². The van der Waals surface area contributed by atoms with Crippen LogP contribution in [0.1, 0.15) is 103 Å². The summed E-state index contributed by atoms with van der Waals surface area (Å²) >= 11 is 0. The molecular formula is C20H42OSi. The second kappa shape index (κ2) is 12.6. The highest BCUT2D eigenvalue weighted by atomic mass is 28.4. The summed E-state index contributed by atoms with van der Waals surface area (Å²) < 4.78 is 6.38. The number of hydrogen-bond acceptors (Lipinski definition) is 1. The molecule has 1 aliphatic rings. The van der Waals surface area contributed by atoms with E-state index in [1.54, 1.807) is 0 Å². The van der Waals surface area contributed by atoms with Gasteiger partial charge in [-0.05, 0) is 25.1 Å². The molecule has 0 radical (unpaired) electrons. The molecule has 0 aliphatic heterocycles. The van der Waals surface area contributed by atoms with E-state index in [1.165, 1.54) is 96.3 Å². The van der Waals surface area contributed by atoms with Crippen molar-refractivity contribution >= 4 is 8.32 Å². The maximum absolute atomic E-state index is 6.38. The molecule has 0 aromatic rings. The smallest absolute Gasteiger partial charge is 0.189 e. The van der Waals surface area contributed by atoms with E-state index in [4.69, 9.17) is 4.43 Å². The molecule has 0 aromatic carbocycles. The van der Waals surface area contributed by atoms with Gasteiger partial charge in [0.1, 0.15) is 0 Å². The van der Waals surface area contributed by atoms with Crippen molar-refractivity contribution in [1.82, 2.24) is 0 Å². The third-order valence-electron chi connectivity index (χ3n) is 5.56. The zero-order chi connectivity index (χ0) is 16.1. The Morgan fingerprint density at radius 2 is 1.23 bits per heavy atom. The molecule has 0 N–H and O–H groups in total. The van der Waals surface area contributed by atoms with Gasteiger partial charge in [-0.15, -0.1) is 0 Å². The zero-order valence-electron chi connectivity index (χ0n) is 15.8. The molecule has 0 heterocycles. The Kier molecular flexibility index (Phi) is 11.6. The van der Waals surface area contributed by atoms with Crippen LogP contribution in [0.4, 0.5) is 0 Å². The second-order valence-corrected chi connectivity index (χ2v) is 12.3. The molecule has 1 nitrogen and oxygen atoms in total. The van der Waals surface area contributed by atoms with E-state index in [1.807, 2.05) is 0 Å². The molecule has 1 aliphatic carbocycles. The van der Waals surface area contributed by atoms with Gasteiger partial charge in [-0.2, -0.15) is 0 Å². The van der Waals surface area contributed by atoms with E-state index >= 15 is 0 Å². The summed E-state index contributed by atoms with van der Waals surface area (Å²) in [6.07, 6.45) is 21.4. The maximum atomic E-state index is 6.38. The molecule has 132 valence electrons. The van der Waals surface area contributed by atoms with E-state index in [0.717, 1.165) is 12.1 Å². The van der Waals surface area contributed by atoms with Gasteiger partial charge >= 0.3 is 0 Å². The lowest BCUT2D eigenvalue weighted by Gasteiger charge is -2.34. The molecule has 0 atom stereocenters. The summed E-state index contributed by atoms with van der Waals surface area (Å²) in [6.45, 7) is 8.24. The van der Waals surface area contributed by atoms with Crippen molar-refractivity contribution in [2.45, 2.75) is 122 Å². The molecule has 1 fully saturated rings. The Hall–Kier alpha value is 0.177. The van der Waals surface area contributed by atoms with Gasteiger partial charge in [0.2, 0.25) is 0 Å². The Balaban J connectivity index is 1.90. The Labute approximate surface area is 141 Å². The Bertz CT molecular complexity index is 246. The summed E-state index contributed by atoms with van der Waals surface area (Å²) in [4.78, 5) is 0. The van der Waals surface area contributed by atoms with Gasteiger partial charge in [0.25, 0.3) is 0 Å². The first kappa shape index (κ1) is 20.2. The van der Waals surface area contributed by atoms with Crippen molar-refractivity contribution in [2.24, 2.45) is 0 Å². The monoisotopic (exact) mass is 326 g/mol. The second-order valence-electron chi connectivity index (χ2n) is 7.97. The minimum atomic E-state index is -1.40. The van der Waals surface area contributed by atoms with Crippen LogP contribution in [0.15, 0.2) is 0 Å². The number of unbranched alkanes of at least 4 members (excludes halogenated alkanes) is 9. The van der Waals surface area contributed by atoms with Crippen LogP contribution < -0.4 is 0 Å². The van der Waals surface area contributed by atoms with Crippen molar-refractivity contribution in [3.8, 4) is 0 Å². The fraction of sp³-hybridized carbons (Fsp3) is 1.00. The quantitative estimate of drug-likeness (QED) is 0.252. The fourth-order valence-electron chi connectivity index (χ4n) is 3.84. The van der Waals surface area contributed by atoms with E-state index in [0.29, 0.717) is 0 Å². The normalized spacial score (nSPS) is 17.0. The summed E-state index contributed by atoms with van der Waals surface area (Å²) in [6, 6.07) is 0. The van der Waals surface area contributed by atoms with Crippen LogP contribution in [-0.2, 0) is 4.43 Å². The molecule has 2 heteroatoms. The molecule has 0 bridgehead atoms. The van der Waals surface area contributed by atoms with Gasteiger partial charge in [-0.3, -0.25) is 0 Å². The lowest BCUT2D eigenvalue weighted by atomic mass is 10.0. The van der Waals surface area contributed by atoms with Crippen LogP contribution >= 0.6 is 0 Å². The molecule has 0 amide bonds. The summed E-state index contributed by atoms with van der Waals surface area (Å²) in [5.41, 5.74) is 0.935. The largest absolute Gasteiger partial charge is 0.417 e. The standard InChI is InChI=1S/C20H42OSi/c1-4-5-6-7-8-9-10-11-12-16-19-21-22(2,3)20-17-14-13-15-18-20/h20H,4-19H2,1-3H3. The van der Waals surface area contributed by atoms with Crippen LogP contribution in [0, 0.1) is 0 Å². The highest BCUT2D eigenvalue weighted by Gasteiger charge is 2.34. The average molecular weight is 327 g/mol. The van der Waals surface area contributed by atoms with Crippen molar-refractivity contribution < 1.29 is 4.43 Å². The molecule has 1 rings (SSSR count). The first-order valence-electron chi connectivity index (χ1n) is 10.3. The predicted molar refractivity (Wildman–Crippen MR) is 102 cm³/mol. The third-order valence-corrected chi connectivity index (χ3v) is 9.05. The van der Waals surface area contributed by atoms with E-state index in [9.17, 15) is 0 Å². The highest BCUT2D eigenvalue weighted by molar-refractivity contribution is 6.72. The summed E-state index contributed by atoms with van der Waals surface area (Å²) in [7, 11) is -1.40. The van der Waals surface area contributed by atoms with Crippen molar-refractivity contribution in [3.05, 3.63) is 0 Å². The zero-order valence-corrected chi connectivity index (χ0v) is 16.8. The molecular weight excluding hydrogens is 284 g/mol. The van der Waals surface area contributed by atoms with Crippen molar-refractivity contribution in [1.29, 1.82) is 0 Å². The number of rotatable bonds is 13. The van der Waals surface area contributed by atoms with Gasteiger partial charge in [-0.25, -0.2) is 0 Å². The molecule has 0 unspecified atom stereocenters. The Morgan fingerprint density at radius 3 is 1.77 bits per heavy atom. The van der Waals surface area contributed by atoms with Gasteiger partial charge in [0, 0.05) is 6.61 Å². The van der Waals surface area contributed by atoms with Crippen LogP contribution in [0.3, 0.4) is 0 Å². The van der Waals surface area contributed by atoms with Gasteiger partial charge in [-0.1, -0.05) is 96.8 Å². The van der Waals surface area contributed by atoms with E-state index in [2.05, 4.69) is 20.0 Å². The van der Waals surface area contributed by atoms with Crippen molar-refractivity contribution in [2.75, 3.05) is 6.61 Å². The predicted octanol–water partition coefficient (Wildman–Crippen LogP) is 7.46. The minimum absolute atomic E-state index is 0.935. The fourth-order valence-corrected chi connectivity index (χ4v) is 6.55. The SMILES string of the molecule is CCCCCCCCCCCCO[Si](C)(C)C1CCCCC1. The summed E-state index contributed by atoms with van der Waals surface area (Å²) in [5, 5.41) is 0. The average Bonchev–Trinajstić information content (AvgIpc) is 2.53. The molecule has 22 heavy (non-hydrogen) atoms. The lowest BCUT2D eigenvalue weighted by molar-refractivity contribution is 0.277. The molecule has 0 spiro atoms. The lowest BCUT2D eigenvalue weighted by Crippen LogP contribution is -2.38. The van der Waals surface area contributed by atoms with Crippen LogP contribution in [0.25, 0.3) is 0 Å². The van der Waals surface area contributed by atoms with Gasteiger partial charge < -0.3 is 4.43 Å². The maximum Gasteiger partial charge on any atom is 0.189 e. The summed E-state index contributed by atoms with van der Waals surface area (Å²) in [5.74, 6) is 0. The van der Waals surface area contributed by atoms with Crippen molar-refractivity contribution in [3.63, 3.8) is 0 Å². The number of hydrogen-bond donors (Lipinski definition) is 0. The van der Waals surface area contributed by atoms with Gasteiger partial charge in [0.05, 0.1) is 0 Å². The molecule has 0 saturated heterocycles. The minimum Gasteiger partial charge on any atom is -0.417 e. The molecule has 0 aromatic heterocycles. The van der Waals surface area contributed by atoms with Gasteiger partial charge in [0.15, 0.2) is 8.32 Å². The van der Waals surface area contributed by atoms with E-state index < -0.39 is 8.32 Å². The van der Waals surface area contributed by atoms with E-state index in [-0.39, 0.29) is 0 Å². The topological polar surface area (TPSA) is 9.23 Å². The van der Waals surface area contributed by atoms with Crippen LogP contribution in [0.2, 0.25) is 18.6 Å². The first-order valence-corrected chi connectivity index (χ1v) is 13.3. The third kappa shape index (κ3) is 9.35. The highest BCUT2D eigenvalue weighted by Crippen LogP contribution is 2.37. The Morgan fingerprint density at radius 1 is 0.727 bits per heavy atom. The molecule has 1 saturated carbocycles. The first-order chi connectivity index (χ1) is 10.7. The van der Waals surface area contributed by atoms with Crippen LogP contribution in [-0.4, -0.2) is 14.9 Å².